The second-order valence-electron chi connectivity index (χ2n) is 14.9. The molecule has 0 aromatic heterocycles. The van der Waals surface area contributed by atoms with Crippen LogP contribution in [0.5, 0.6) is 0 Å². The molecular weight excluding hydrogens is 903 g/mol. The fourth-order valence-corrected chi connectivity index (χ4v) is 26.0. The Balaban J connectivity index is 0.000000150. The summed E-state index contributed by atoms with van der Waals surface area (Å²) in [5.41, 5.74) is 2.93. The molecule has 0 saturated carbocycles. The first-order valence-corrected chi connectivity index (χ1v) is 28.6. The molecule has 0 aliphatic carbocycles. The van der Waals surface area contributed by atoms with Crippen molar-refractivity contribution in [2.24, 2.45) is 9.98 Å². The van der Waals surface area contributed by atoms with Gasteiger partial charge in [-0.2, -0.15) is 12.0 Å². The second kappa shape index (κ2) is 22.3. The van der Waals surface area contributed by atoms with Crippen molar-refractivity contribution in [3.63, 3.8) is 0 Å². The van der Waals surface area contributed by atoms with Crippen LogP contribution < -0.4 is 34.8 Å². The summed E-state index contributed by atoms with van der Waals surface area (Å²) in [6, 6.07) is 95.4. The van der Waals surface area contributed by atoms with Crippen molar-refractivity contribution in [3.8, 4) is 0 Å². The van der Waals surface area contributed by atoms with Crippen molar-refractivity contribution >= 4 is 85.3 Å². The number of hydrogen-bond donors (Lipinski definition) is 0. The molecule has 310 valence electrons. The standard InChI is InChI=1S/2C24H20As.C10H8N4/c2*1-5-13-21(14-6-1)25(22-15-7-2-8-16-22,23-17-9-3-10-18-23)24-19-11-4-12-20-24;1-7-3-10(14-6-12)8(2)4-9(7)13-5-11/h2*1-20H;3-4H,1-2H3/q2*+1;-2. The molecule has 9 aromatic carbocycles. The van der Waals surface area contributed by atoms with Crippen LogP contribution in [-0.4, -0.2) is 39.1 Å². The third-order valence-electron chi connectivity index (χ3n) is 11.0. The first kappa shape index (κ1) is 44.9. The number of nitrogens with zero attached hydrogens (tertiary/aromatic N) is 4. The SMILES string of the molecule is Cc1cc(N=C=[N-])c(C)cc1N=C=[N-].c1ccc([As+](c2ccccc2)(c2ccccc2)c2ccccc2)cc1.c1ccc([As+](c2ccccc2)(c2ccccc2)c2ccccc2)cc1. The minimum atomic E-state index is -2.77. The Morgan fingerprint density at radius 1 is 0.281 bits per heavy atom. The summed E-state index contributed by atoms with van der Waals surface area (Å²) < 4.78 is 11.6. The van der Waals surface area contributed by atoms with Crippen molar-refractivity contribution in [2.75, 3.05) is 0 Å². The third kappa shape index (κ3) is 9.89. The summed E-state index contributed by atoms with van der Waals surface area (Å²) in [5, 5.41) is 16.8. The first-order chi connectivity index (χ1) is 31.5. The van der Waals surface area contributed by atoms with Gasteiger partial charge in [-0.1, -0.05) is 12.1 Å². The van der Waals surface area contributed by atoms with E-state index >= 15 is 0 Å². The molecule has 0 spiro atoms. The molecule has 0 N–H and O–H groups in total. The van der Waals surface area contributed by atoms with Gasteiger partial charge in [-0.3, -0.25) is 0 Å². The van der Waals surface area contributed by atoms with Gasteiger partial charge in [0.15, 0.2) is 0 Å². The summed E-state index contributed by atoms with van der Waals surface area (Å²) in [4.78, 5) is 7.30. The van der Waals surface area contributed by atoms with Gasteiger partial charge in [0, 0.05) is 0 Å². The van der Waals surface area contributed by atoms with E-state index in [1.807, 2.05) is 13.8 Å². The Kier molecular flexibility index (Phi) is 15.6. The molecule has 0 bridgehead atoms. The zero-order valence-electron chi connectivity index (χ0n) is 35.9. The summed E-state index contributed by atoms with van der Waals surface area (Å²) in [6.45, 7) is 3.65. The van der Waals surface area contributed by atoms with Gasteiger partial charge < -0.3 is 20.8 Å². The fraction of sp³-hybridized carbons (Fsp3) is 0.0345. The van der Waals surface area contributed by atoms with Gasteiger partial charge in [0.05, 0.1) is 0 Å². The van der Waals surface area contributed by atoms with Gasteiger partial charge in [-0.15, -0.1) is 0 Å². The fourth-order valence-electron chi connectivity index (χ4n) is 8.14. The number of aryl methyl sites for hydroxylation is 2. The van der Waals surface area contributed by atoms with E-state index in [1.165, 1.54) is 34.8 Å². The molecule has 0 unspecified atom stereocenters. The molecule has 0 amide bonds. The molecule has 0 atom stereocenters. The number of aliphatic imine (C=N–C) groups is 2. The number of benzene rings is 9. The third-order valence-corrected chi connectivity index (χ3v) is 29.0. The number of rotatable bonds is 10. The molecule has 0 aliphatic rings. The Morgan fingerprint density at radius 2 is 0.438 bits per heavy atom. The van der Waals surface area contributed by atoms with Gasteiger partial charge in [0.25, 0.3) is 0 Å². The van der Waals surface area contributed by atoms with E-state index in [9.17, 15) is 0 Å². The monoisotopic (exact) mass is 950 g/mol. The maximum atomic E-state index is 8.42. The van der Waals surface area contributed by atoms with Crippen molar-refractivity contribution in [1.29, 1.82) is 0 Å². The molecule has 9 rings (SSSR count). The predicted octanol–water partition coefficient (Wildman–Crippen LogP) is 9.18. The van der Waals surface area contributed by atoms with Crippen LogP contribution >= 0.6 is 0 Å². The molecule has 9 aromatic rings. The molecule has 6 heteroatoms. The molecular formula is C58H48As2N4. The molecule has 0 fully saturated rings. The molecule has 0 aliphatic heterocycles. The van der Waals surface area contributed by atoms with Gasteiger partial charge in [-0.25, -0.2) is 0 Å². The van der Waals surface area contributed by atoms with Crippen molar-refractivity contribution in [1.82, 2.24) is 0 Å². The van der Waals surface area contributed by atoms with Crippen molar-refractivity contribution < 1.29 is 0 Å². The first-order valence-electron chi connectivity index (χ1n) is 21.1. The van der Waals surface area contributed by atoms with Gasteiger partial charge in [0.2, 0.25) is 0 Å². The normalized spacial score (nSPS) is 10.7. The molecule has 64 heavy (non-hydrogen) atoms. The second-order valence-corrected chi connectivity index (χ2v) is 29.2. The molecule has 0 radical (unpaired) electrons. The van der Waals surface area contributed by atoms with Crippen LogP contribution in [0.15, 0.2) is 265 Å². The summed E-state index contributed by atoms with van der Waals surface area (Å²) in [7, 11) is 0. The quantitative estimate of drug-likeness (QED) is 0.0971. The molecule has 4 nitrogen and oxygen atoms in total. The van der Waals surface area contributed by atoms with Crippen molar-refractivity contribution in [2.45, 2.75) is 13.8 Å². The van der Waals surface area contributed by atoms with Crippen LogP contribution in [0.4, 0.5) is 11.4 Å². The zero-order valence-corrected chi connectivity index (χ0v) is 39.7. The molecule has 0 heterocycles. The summed E-state index contributed by atoms with van der Waals surface area (Å²) in [6.07, 6.45) is 0. The van der Waals surface area contributed by atoms with Gasteiger partial charge in [-0.05, 0) is 36.3 Å². The Labute approximate surface area is 383 Å². The van der Waals surface area contributed by atoms with Gasteiger partial charge in [0.1, 0.15) is 0 Å². The van der Waals surface area contributed by atoms with Crippen LogP contribution in [0.1, 0.15) is 11.1 Å². The minimum absolute atomic E-state index is 0.627. The topological polar surface area (TPSA) is 69.3 Å². The average Bonchev–Trinajstić information content (AvgIpc) is 3.37. The van der Waals surface area contributed by atoms with Crippen LogP contribution in [0, 0.1) is 13.8 Å². The molecule has 0 saturated heterocycles. The summed E-state index contributed by atoms with van der Waals surface area (Å²) in [5.74, 6) is 0. The van der Waals surface area contributed by atoms with Crippen LogP contribution in [0.25, 0.3) is 10.8 Å². The van der Waals surface area contributed by atoms with Gasteiger partial charge >= 0.3 is 305 Å². The Hall–Kier alpha value is -7.14. The maximum absolute atomic E-state index is 8.42. The Morgan fingerprint density at radius 3 is 0.578 bits per heavy atom. The zero-order chi connectivity index (χ0) is 44.5. The summed E-state index contributed by atoms with van der Waals surface area (Å²) >= 11 is -5.54. The van der Waals surface area contributed by atoms with Crippen LogP contribution in [-0.2, 0) is 0 Å². The number of hydrogen-bond acceptors (Lipinski definition) is 2. The van der Waals surface area contributed by atoms with E-state index in [0.29, 0.717) is 11.4 Å². The Bertz CT molecular complexity index is 2390. The van der Waals surface area contributed by atoms with Crippen LogP contribution in [0.2, 0.25) is 0 Å². The van der Waals surface area contributed by atoms with E-state index in [0.717, 1.165) is 11.1 Å². The van der Waals surface area contributed by atoms with E-state index < -0.39 is 27.1 Å². The predicted molar refractivity (Wildman–Crippen MR) is 277 cm³/mol. The van der Waals surface area contributed by atoms with E-state index in [-0.39, 0.29) is 0 Å². The van der Waals surface area contributed by atoms with Crippen molar-refractivity contribution in [3.05, 3.63) is 277 Å². The average molecular weight is 951 g/mol. The van der Waals surface area contributed by atoms with Crippen LogP contribution in [0.3, 0.4) is 0 Å². The van der Waals surface area contributed by atoms with E-state index in [1.54, 1.807) is 24.1 Å². The van der Waals surface area contributed by atoms with E-state index in [2.05, 4.69) is 253 Å². The van der Waals surface area contributed by atoms with E-state index in [4.69, 9.17) is 10.8 Å².